The zero-order valence-corrected chi connectivity index (χ0v) is 16.0. The number of fused-ring (bicyclic) bond motifs is 5. The van der Waals surface area contributed by atoms with Gasteiger partial charge in [-0.3, -0.25) is 0 Å². The molecule has 4 aromatic rings. The lowest BCUT2D eigenvalue weighted by Gasteiger charge is -2.12. The van der Waals surface area contributed by atoms with Gasteiger partial charge in [0.25, 0.3) is 0 Å². The molecule has 0 radical (unpaired) electrons. The molecule has 0 spiro atoms. The lowest BCUT2D eigenvalue weighted by molar-refractivity contribution is 0.392. The first-order valence-electron chi connectivity index (χ1n) is 8.35. The predicted octanol–water partition coefficient (Wildman–Crippen LogP) is 4.51. The maximum absolute atomic E-state index is 12.8. The molecule has 0 saturated heterocycles. The van der Waals surface area contributed by atoms with Crippen LogP contribution < -0.4 is 8.92 Å². The Morgan fingerprint density at radius 1 is 1.07 bits per heavy atom. The van der Waals surface area contributed by atoms with Crippen LogP contribution >= 0.6 is 11.3 Å². The Bertz CT molecular complexity index is 1270. The van der Waals surface area contributed by atoms with Crippen molar-refractivity contribution in [1.29, 1.82) is 0 Å². The topological polar surface area (TPSA) is 57.5 Å². The number of aromatic nitrogens is 1. The Morgan fingerprint density at radius 3 is 2.67 bits per heavy atom. The minimum absolute atomic E-state index is 0.108. The molecule has 0 amide bonds. The van der Waals surface area contributed by atoms with Crippen molar-refractivity contribution in [2.75, 3.05) is 7.11 Å². The molecule has 27 heavy (non-hydrogen) atoms. The van der Waals surface area contributed by atoms with Gasteiger partial charge >= 0.3 is 10.1 Å². The molecular formula is C20H15NO4S2. The fraction of sp³-hybridized carbons (Fsp3) is 0.100. The van der Waals surface area contributed by atoms with E-state index in [0.717, 1.165) is 23.1 Å². The second-order valence-electron chi connectivity index (χ2n) is 6.27. The summed E-state index contributed by atoms with van der Waals surface area (Å²) in [5.41, 5.74) is 3.28. The molecule has 1 aliphatic heterocycles. The van der Waals surface area contributed by atoms with E-state index in [-0.39, 0.29) is 10.6 Å². The van der Waals surface area contributed by atoms with E-state index in [4.69, 9.17) is 8.92 Å². The fourth-order valence-electron chi connectivity index (χ4n) is 3.49. The van der Waals surface area contributed by atoms with Gasteiger partial charge in [0.2, 0.25) is 0 Å². The van der Waals surface area contributed by atoms with E-state index in [1.165, 1.54) is 29.7 Å². The van der Waals surface area contributed by atoms with Crippen LogP contribution in [0.2, 0.25) is 0 Å². The summed E-state index contributed by atoms with van der Waals surface area (Å²) in [7, 11) is -2.46. The van der Waals surface area contributed by atoms with Crippen molar-refractivity contribution in [3.05, 3.63) is 65.5 Å². The van der Waals surface area contributed by atoms with Crippen molar-refractivity contribution in [3.63, 3.8) is 0 Å². The second kappa shape index (κ2) is 5.87. The summed E-state index contributed by atoms with van der Waals surface area (Å²) >= 11 is 1.68. The average Bonchev–Trinajstić information content (AvgIpc) is 3.34. The van der Waals surface area contributed by atoms with Crippen LogP contribution in [0.3, 0.4) is 0 Å². The summed E-state index contributed by atoms with van der Waals surface area (Å²) in [5.74, 6) is 0.608. The van der Waals surface area contributed by atoms with E-state index in [1.54, 1.807) is 35.6 Å². The molecule has 7 heteroatoms. The summed E-state index contributed by atoms with van der Waals surface area (Å²) < 4.78 is 38.7. The number of ether oxygens (including phenoxy) is 1. The Labute approximate surface area is 160 Å². The van der Waals surface area contributed by atoms with Crippen molar-refractivity contribution in [3.8, 4) is 22.1 Å². The highest BCUT2D eigenvalue weighted by molar-refractivity contribution is 7.87. The van der Waals surface area contributed by atoms with Gasteiger partial charge in [-0.1, -0.05) is 18.2 Å². The Hall–Kier alpha value is -2.77. The molecule has 5 nitrogen and oxygen atoms in total. The summed E-state index contributed by atoms with van der Waals surface area (Å²) in [6.45, 7) is 0.773. The molecule has 0 fully saturated rings. The summed E-state index contributed by atoms with van der Waals surface area (Å²) in [4.78, 5) is 1.32. The first-order valence-corrected chi connectivity index (χ1v) is 10.6. The predicted molar refractivity (Wildman–Crippen MR) is 105 cm³/mol. The highest BCUT2D eigenvalue weighted by Crippen LogP contribution is 2.45. The summed E-state index contributed by atoms with van der Waals surface area (Å²) in [6, 6.07) is 15.9. The third-order valence-corrected chi connectivity index (χ3v) is 6.97. The van der Waals surface area contributed by atoms with Gasteiger partial charge in [-0.2, -0.15) is 8.42 Å². The number of hydrogen-bond donors (Lipinski definition) is 0. The van der Waals surface area contributed by atoms with Crippen molar-refractivity contribution < 1.29 is 17.3 Å². The molecule has 0 atom stereocenters. The minimum Gasteiger partial charge on any atom is -0.493 e. The van der Waals surface area contributed by atoms with E-state index in [2.05, 4.69) is 16.0 Å². The number of rotatable bonds is 4. The van der Waals surface area contributed by atoms with Gasteiger partial charge in [-0.05, 0) is 47.3 Å². The largest absolute Gasteiger partial charge is 0.493 e. The number of hydrogen-bond acceptors (Lipinski definition) is 5. The molecule has 0 bridgehead atoms. The van der Waals surface area contributed by atoms with Crippen molar-refractivity contribution in [2.45, 2.75) is 11.4 Å². The quantitative estimate of drug-likeness (QED) is 0.419. The Kier molecular flexibility index (Phi) is 3.57. The lowest BCUT2D eigenvalue weighted by atomic mass is 10.2. The van der Waals surface area contributed by atoms with Crippen LogP contribution in [0.1, 0.15) is 5.56 Å². The normalized spacial score (nSPS) is 12.8. The Morgan fingerprint density at radius 2 is 1.89 bits per heavy atom. The van der Waals surface area contributed by atoms with Crippen LogP contribution in [-0.4, -0.2) is 20.1 Å². The Balaban J connectivity index is 1.69. The van der Waals surface area contributed by atoms with Gasteiger partial charge in [0, 0.05) is 11.9 Å². The molecular weight excluding hydrogens is 382 g/mol. The maximum atomic E-state index is 12.8. The number of methoxy groups -OCH3 is 1. The molecule has 0 unspecified atom stereocenters. The van der Waals surface area contributed by atoms with Gasteiger partial charge in [-0.15, -0.1) is 11.3 Å². The van der Waals surface area contributed by atoms with Crippen molar-refractivity contribution in [1.82, 2.24) is 4.57 Å². The molecule has 136 valence electrons. The van der Waals surface area contributed by atoms with Crippen LogP contribution in [0.25, 0.3) is 21.5 Å². The van der Waals surface area contributed by atoms with Gasteiger partial charge in [0.15, 0.2) is 11.5 Å². The SMILES string of the molecule is COc1ccc2c(cc3n2Cc2ccsc2-3)c1OS(=O)(=O)c1ccccc1. The molecule has 2 aromatic heterocycles. The number of nitrogens with zero attached hydrogens (tertiary/aromatic N) is 1. The minimum atomic E-state index is -3.97. The fourth-order valence-corrected chi connectivity index (χ4v) is 5.41. The first kappa shape index (κ1) is 16.4. The highest BCUT2D eigenvalue weighted by Gasteiger charge is 2.27. The number of benzene rings is 2. The molecule has 3 heterocycles. The van der Waals surface area contributed by atoms with Crippen molar-refractivity contribution in [2.24, 2.45) is 0 Å². The molecule has 2 aromatic carbocycles. The third kappa shape index (κ3) is 2.46. The summed E-state index contributed by atoms with van der Waals surface area (Å²) in [5, 5.41) is 2.80. The second-order valence-corrected chi connectivity index (χ2v) is 8.73. The van der Waals surface area contributed by atoms with Gasteiger partial charge in [-0.25, -0.2) is 0 Å². The van der Waals surface area contributed by atoms with E-state index in [0.29, 0.717) is 5.75 Å². The van der Waals surface area contributed by atoms with Crippen LogP contribution in [0, 0.1) is 0 Å². The van der Waals surface area contributed by atoms with E-state index in [1.807, 2.05) is 12.1 Å². The zero-order valence-electron chi connectivity index (χ0n) is 14.4. The van der Waals surface area contributed by atoms with Crippen LogP contribution in [0.5, 0.6) is 11.5 Å². The molecule has 5 rings (SSSR count). The number of thiophene rings is 1. The molecule has 0 saturated carbocycles. The highest BCUT2D eigenvalue weighted by atomic mass is 32.2. The molecule has 0 N–H and O–H groups in total. The van der Waals surface area contributed by atoms with Gasteiger partial charge in [0.1, 0.15) is 4.90 Å². The lowest BCUT2D eigenvalue weighted by Crippen LogP contribution is -2.10. The van der Waals surface area contributed by atoms with E-state index >= 15 is 0 Å². The first-order chi connectivity index (χ1) is 13.1. The average molecular weight is 397 g/mol. The zero-order chi connectivity index (χ0) is 18.6. The third-order valence-electron chi connectivity index (χ3n) is 4.75. The maximum Gasteiger partial charge on any atom is 0.339 e. The van der Waals surface area contributed by atoms with Crippen LogP contribution in [0.4, 0.5) is 0 Å². The van der Waals surface area contributed by atoms with Crippen molar-refractivity contribution >= 4 is 32.4 Å². The monoisotopic (exact) mass is 397 g/mol. The van der Waals surface area contributed by atoms with E-state index < -0.39 is 10.1 Å². The van der Waals surface area contributed by atoms with Gasteiger partial charge in [0.05, 0.1) is 23.2 Å². The molecule has 0 aliphatic carbocycles. The summed E-state index contributed by atoms with van der Waals surface area (Å²) in [6.07, 6.45) is 0. The van der Waals surface area contributed by atoms with Crippen LogP contribution in [-0.2, 0) is 16.7 Å². The van der Waals surface area contributed by atoms with E-state index in [9.17, 15) is 8.42 Å². The van der Waals surface area contributed by atoms with Gasteiger partial charge < -0.3 is 13.5 Å². The standard InChI is InChI=1S/C20H15NO4S2/c1-24-18-8-7-16-15(11-17-20-13(9-10-26-20)12-21(16)17)19(18)25-27(22,23)14-5-3-2-4-6-14/h2-11H,12H2,1H3. The van der Waals surface area contributed by atoms with Crippen LogP contribution in [0.15, 0.2) is 64.9 Å². The smallest absolute Gasteiger partial charge is 0.339 e. The molecule has 1 aliphatic rings.